The minimum Gasteiger partial charge on any atom is -0.381 e. The van der Waals surface area contributed by atoms with Gasteiger partial charge in [0.1, 0.15) is 0 Å². The van der Waals surface area contributed by atoms with Crippen molar-refractivity contribution in [2.45, 2.75) is 72.3 Å². The fourth-order valence-electron chi connectivity index (χ4n) is 2.77. The summed E-state index contributed by atoms with van der Waals surface area (Å²) in [5, 5.41) is 3.63. The highest BCUT2D eigenvalue weighted by Crippen LogP contribution is 2.40. The molecule has 0 aliphatic heterocycles. The minimum atomic E-state index is 0.530. The van der Waals surface area contributed by atoms with Crippen LogP contribution in [0.5, 0.6) is 0 Å². The van der Waals surface area contributed by atoms with Crippen molar-refractivity contribution >= 4 is 0 Å². The smallest absolute Gasteiger partial charge is 0.0471 e. The average molecular weight is 255 g/mol. The molecular formula is C16H33NO. The first kappa shape index (κ1) is 16.0. The summed E-state index contributed by atoms with van der Waals surface area (Å²) in [6.07, 6.45) is 8.03. The molecule has 2 heteroatoms. The molecule has 0 unspecified atom stereocenters. The molecule has 1 N–H and O–H groups in total. The lowest BCUT2D eigenvalue weighted by atomic mass is 9.82. The SMILES string of the molecule is CC(C)CCOCCC1(CNC(C)C)CCCC1. The van der Waals surface area contributed by atoms with Gasteiger partial charge in [-0.15, -0.1) is 0 Å². The molecule has 0 saturated heterocycles. The highest BCUT2D eigenvalue weighted by atomic mass is 16.5. The molecule has 18 heavy (non-hydrogen) atoms. The molecule has 0 aromatic carbocycles. The van der Waals surface area contributed by atoms with E-state index in [0.29, 0.717) is 11.5 Å². The third kappa shape index (κ3) is 6.19. The van der Waals surface area contributed by atoms with Gasteiger partial charge >= 0.3 is 0 Å². The molecule has 0 radical (unpaired) electrons. The van der Waals surface area contributed by atoms with E-state index in [1.807, 2.05) is 0 Å². The number of rotatable bonds is 9. The first-order valence-electron chi connectivity index (χ1n) is 7.85. The van der Waals surface area contributed by atoms with Gasteiger partial charge in [-0.05, 0) is 37.0 Å². The predicted octanol–water partition coefficient (Wildman–Crippen LogP) is 4.00. The molecule has 0 amide bonds. The second-order valence-corrected chi connectivity index (χ2v) is 6.79. The maximum atomic E-state index is 5.81. The van der Waals surface area contributed by atoms with E-state index in [1.165, 1.54) is 45.1 Å². The molecule has 0 bridgehead atoms. The maximum absolute atomic E-state index is 5.81. The van der Waals surface area contributed by atoms with Gasteiger partial charge in [0.15, 0.2) is 0 Å². The van der Waals surface area contributed by atoms with Gasteiger partial charge in [0, 0.05) is 25.8 Å². The van der Waals surface area contributed by atoms with Crippen LogP contribution in [0, 0.1) is 11.3 Å². The zero-order valence-corrected chi connectivity index (χ0v) is 12.9. The summed E-state index contributed by atoms with van der Waals surface area (Å²) < 4.78 is 5.81. The topological polar surface area (TPSA) is 21.3 Å². The molecule has 1 aliphatic carbocycles. The largest absolute Gasteiger partial charge is 0.381 e. The van der Waals surface area contributed by atoms with Gasteiger partial charge in [-0.25, -0.2) is 0 Å². The molecule has 0 aromatic heterocycles. The third-order valence-corrected chi connectivity index (χ3v) is 4.17. The van der Waals surface area contributed by atoms with Crippen molar-refractivity contribution in [2.24, 2.45) is 11.3 Å². The number of nitrogens with one attached hydrogen (secondary N) is 1. The standard InChI is InChI=1S/C16H33NO/c1-14(2)7-11-18-12-10-16(8-5-6-9-16)13-17-15(3)4/h14-15,17H,5-13H2,1-4H3. The molecule has 0 atom stereocenters. The summed E-state index contributed by atoms with van der Waals surface area (Å²) >= 11 is 0. The van der Waals surface area contributed by atoms with Gasteiger partial charge in [0.2, 0.25) is 0 Å². The predicted molar refractivity (Wildman–Crippen MR) is 78.9 cm³/mol. The van der Waals surface area contributed by atoms with Crippen LogP contribution in [0.1, 0.15) is 66.2 Å². The highest BCUT2D eigenvalue weighted by molar-refractivity contribution is 4.87. The van der Waals surface area contributed by atoms with Crippen LogP contribution in [0.4, 0.5) is 0 Å². The van der Waals surface area contributed by atoms with Gasteiger partial charge < -0.3 is 10.1 Å². The van der Waals surface area contributed by atoms with E-state index < -0.39 is 0 Å². The molecule has 1 aliphatic rings. The Bertz CT molecular complexity index is 207. The molecular weight excluding hydrogens is 222 g/mol. The summed E-state index contributed by atoms with van der Waals surface area (Å²) in [6.45, 7) is 12.1. The van der Waals surface area contributed by atoms with Crippen LogP contribution in [-0.4, -0.2) is 25.8 Å². The Morgan fingerprint density at radius 2 is 1.72 bits per heavy atom. The van der Waals surface area contributed by atoms with E-state index in [-0.39, 0.29) is 0 Å². The highest BCUT2D eigenvalue weighted by Gasteiger charge is 2.33. The normalized spacial score (nSPS) is 19.0. The Morgan fingerprint density at radius 3 is 2.28 bits per heavy atom. The lowest BCUT2D eigenvalue weighted by Gasteiger charge is -2.30. The molecule has 1 saturated carbocycles. The Morgan fingerprint density at radius 1 is 1.06 bits per heavy atom. The van der Waals surface area contributed by atoms with E-state index in [9.17, 15) is 0 Å². The van der Waals surface area contributed by atoms with Crippen LogP contribution in [0.2, 0.25) is 0 Å². The first-order chi connectivity index (χ1) is 8.54. The fourth-order valence-corrected chi connectivity index (χ4v) is 2.77. The molecule has 1 rings (SSSR count). The number of ether oxygens (including phenoxy) is 1. The van der Waals surface area contributed by atoms with Crippen LogP contribution in [0.25, 0.3) is 0 Å². The monoisotopic (exact) mass is 255 g/mol. The van der Waals surface area contributed by atoms with Crippen LogP contribution >= 0.6 is 0 Å². The van der Waals surface area contributed by atoms with E-state index in [2.05, 4.69) is 33.0 Å². The van der Waals surface area contributed by atoms with Crippen LogP contribution in [0.15, 0.2) is 0 Å². The van der Waals surface area contributed by atoms with Crippen molar-refractivity contribution in [1.29, 1.82) is 0 Å². The van der Waals surface area contributed by atoms with Crippen molar-refractivity contribution in [3.8, 4) is 0 Å². The summed E-state index contributed by atoms with van der Waals surface area (Å²) in [4.78, 5) is 0. The van der Waals surface area contributed by atoms with Crippen molar-refractivity contribution in [3.63, 3.8) is 0 Å². The van der Waals surface area contributed by atoms with Crippen LogP contribution < -0.4 is 5.32 Å². The van der Waals surface area contributed by atoms with E-state index >= 15 is 0 Å². The minimum absolute atomic E-state index is 0.530. The molecule has 108 valence electrons. The molecule has 2 nitrogen and oxygen atoms in total. The Kier molecular flexibility index (Phi) is 7.25. The van der Waals surface area contributed by atoms with Gasteiger partial charge in [-0.2, -0.15) is 0 Å². The lowest BCUT2D eigenvalue weighted by Crippen LogP contribution is -2.36. The van der Waals surface area contributed by atoms with Crippen LogP contribution in [0.3, 0.4) is 0 Å². The third-order valence-electron chi connectivity index (χ3n) is 4.17. The summed E-state index contributed by atoms with van der Waals surface area (Å²) in [7, 11) is 0. The van der Waals surface area contributed by atoms with Gasteiger partial charge in [0.05, 0.1) is 0 Å². The van der Waals surface area contributed by atoms with Gasteiger partial charge in [-0.1, -0.05) is 40.5 Å². The summed E-state index contributed by atoms with van der Waals surface area (Å²) in [6, 6.07) is 0.601. The lowest BCUT2D eigenvalue weighted by molar-refractivity contribution is 0.0862. The number of hydrogen-bond donors (Lipinski definition) is 1. The van der Waals surface area contributed by atoms with Gasteiger partial charge in [0.25, 0.3) is 0 Å². The summed E-state index contributed by atoms with van der Waals surface area (Å²) in [5.74, 6) is 0.757. The second-order valence-electron chi connectivity index (χ2n) is 6.79. The fraction of sp³-hybridized carbons (Fsp3) is 1.00. The van der Waals surface area contributed by atoms with Crippen molar-refractivity contribution < 1.29 is 4.74 Å². The average Bonchev–Trinajstić information content (AvgIpc) is 2.75. The van der Waals surface area contributed by atoms with Crippen molar-refractivity contribution in [1.82, 2.24) is 5.32 Å². The first-order valence-corrected chi connectivity index (χ1v) is 7.85. The zero-order chi connectivity index (χ0) is 13.4. The second kappa shape index (κ2) is 8.16. The van der Waals surface area contributed by atoms with E-state index in [0.717, 1.165) is 19.1 Å². The van der Waals surface area contributed by atoms with Gasteiger partial charge in [-0.3, -0.25) is 0 Å². The van der Waals surface area contributed by atoms with E-state index in [1.54, 1.807) is 0 Å². The maximum Gasteiger partial charge on any atom is 0.0471 e. The zero-order valence-electron chi connectivity index (χ0n) is 12.9. The molecule has 0 aromatic rings. The Labute approximate surface area is 114 Å². The van der Waals surface area contributed by atoms with E-state index in [4.69, 9.17) is 4.74 Å². The van der Waals surface area contributed by atoms with Crippen molar-refractivity contribution in [2.75, 3.05) is 19.8 Å². The van der Waals surface area contributed by atoms with Crippen molar-refractivity contribution in [3.05, 3.63) is 0 Å². The molecule has 0 heterocycles. The molecule has 0 spiro atoms. The molecule has 1 fully saturated rings. The Hall–Kier alpha value is -0.0800. The quantitative estimate of drug-likeness (QED) is 0.629. The number of hydrogen-bond acceptors (Lipinski definition) is 2. The van der Waals surface area contributed by atoms with Crippen LogP contribution in [-0.2, 0) is 4.74 Å². The summed E-state index contributed by atoms with van der Waals surface area (Å²) in [5.41, 5.74) is 0.530. The Balaban J connectivity index is 2.21.